The predicted octanol–water partition coefficient (Wildman–Crippen LogP) is 2.72. The zero-order chi connectivity index (χ0) is 15.3. The summed E-state index contributed by atoms with van der Waals surface area (Å²) in [6, 6.07) is 4.46. The average molecular weight is 385 g/mol. The number of halogens is 2. The molecule has 0 saturated heterocycles. The summed E-state index contributed by atoms with van der Waals surface area (Å²) in [6.45, 7) is 3.41. The van der Waals surface area contributed by atoms with Crippen LogP contribution in [0.1, 0.15) is 20.3 Å². The summed E-state index contributed by atoms with van der Waals surface area (Å²) in [4.78, 5) is 11.3. The monoisotopic (exact) mass is 383 g/mol. The summed E-state index contributed by atoms with van der Waals surface area (Å²) in [5.41, 5.74) is 0. The summed E-state index contributed by atoms with van der Waals surface area (Å²) in [6.07, 6.45) is -0.258. The molecule has 1 aromatic carbocycles. The van der Waals surface area contributed by atoms with Crippen LogP contribution in [0.2, 0.25) is 5.02 Å². The van der Waals surface area contributed by atoms with Crippen LogP contribution in [0.4, 0.5) is 0 Å². The van der Waals surface area contributed by atoms with Gasteiger partial charge >= 0.3 is 5.97 Å². The lowest BCUT2D eigenvalue weighted by Crippen LogP contribution is -2.27. The maximum Gasteiger partial charge on any atom is 0.307 e. The lowest BCUT2D eigenvalue weighted by Gasteiger charge is -2.10. The van der Waals surface area contributed by atoms with Gasteiger partial charge in [0.1, 0.15) is 4.90 Å². The predicted molar refractivity (Wildman–Crippen MR) is 80.2 cm³/mol. The lowest BCUT2D eigenvalue weighted by atomic mass is 10.4. The van der Waals surface area contributed by atoms with E-state index in [2.05, 4.69) is 20.7 Å². The highest BCUT2D eigenvalue weighted by Gasteiger charge is 2.18. The molecule has 0 saturated carbocycles. The Bertz CT molecular complexity index is 589. The zero-order valence-electron chi connectivity index (χ0n) is 11.0. The second-order valence-electron chi connectivity index (χ2n) is 4.26. The van der Waals surface area contributed by atoms with E-state index in [1.807, 2.05) is 0 Å². The fraction of sp³-hybridized carbons (Fsp3) is 0.417. The molecule has 0 fully saturated rings. The molecule has 0 aliphatic heterocycles. The molecule has 0 aliphatic carbocycles. The molecule has 0 aromatic heterocycles. The average Bonchev–Trinajstić information content (AvgIpc) is 2.26. The number of carbonyl (C=O) groups excluding carboxylic acids is 1. The van der Waals surface area contributed by atoms with E-state index < -0.39 is 16.0 Å². The fourth-order valence-electron chi connectivity index (χ4n) is 1.38. The van der Waals surface area contributed by atoms with Crippen LogP contribution in [-0.4, -0.2) is 27.0 Å². The van der Waals surface area contributed by atoms with Crippen molar-refractivity contribution in [3.8, 4) is 0 Å². The lowest BCUT2D eigenvalue weighted by molar-refractivity contribution is -0.147. The quantitative estimate of drug-likeness (QED) is 0.765. The van der Waals surface area contributed by atoms with E-state index in [0.717, 1.165) is 0 Å². The molecule has 1 N–H and O–H groups in total. The maximum absolute atomic E-state index is 12.0. The molecular weight excluding hydrogens is 370 g/mol. The molecule has 1 aromatic rings. The van der Waals surface area contributed by atoms with E-state index in [1.165, 1.54) is 12.1 Å². The molecule has 8 heteroatoms. The van der Waals surface area contributed by atoms with Gasteiger partial charge in [-0.3, -0.25) is 4.79 Å². The van der Waals surface area contributed by atoms with E-state index in [-0.39, 0.29) is 29.0 Å². The first kappa shape index (κ1) is 17.4. The van der Waals surface area contributed by atoms with E-state index in [0.29, 0.717) is 4.47 Å². The Labute approximate surface area is 131 Å². The van der Waals surface area contributed by atoms with Crippen LogP contribution in [0, 0.1) is 0 Å². The molecule has 0 amide bonds. The van der Waals surface area contributed by atoms with E-state index in [4.69, 9.17) is 16.3 Å². The van der Waals surface area contributed by atoms with Gasteiger partial charge in [0, 0.05) is 11.0 Å². The van der Waals surface area contributed by atoms with Crippen molar-refractivity contribution in [3.63, 3.8) is 0 Å². The van der Waals surface area contributed by atoms with Crippen molar-refractivity contribution >= 4 is 43.5 Å². The van der Waals surface area contributed by atoms with Gasteiger partial charge in [-0.25, -0.2) is 13.1 Å². The van der Waals surface area contributed by atoms with Crippen molar-refractivity contribution in [2.45, 2.75) is 31.3 Å². The first-order valence-corrected chi connectivity index (χ1v) is 8.52. The van der Waals surface area contributed by atoms with Crippen molar-refractivity contribution in [3.05, 3.63) is 27.7 Å². The van der Waals surface area contributed by atoms with E-state index >= 15 is 0 Å². The summed E-state index contributed by atoms with van der Waals surface area (Å²) in [7, 11) is -3.74. The van der Waals surface area contributed by atoms with Crippen LogP contribution in [0.3, 0.4) is 0 Å². The largest absolute Gasteiger partial charge is 0.463 e. The topological polar surface area (TPSA) is 72.5 Å². The highest BCUT2D eigenvalue weighted by atomic mass is 79.9. The van der Waals surface area contributed by atoms with E-state index in [9.17, 15) is 13.2 Å². The molecule has 0 unspecified atom stereocenters. The Morgan fingerprint density at radius 2 is 2.10 bits per heavy atom. The normalized spacial score (nSPS) is 11.7. The van der Waals surface area contributed by atoms with Gasteiger partial charge in [-0.15, -0.1) is 0 Å². The molecule has 5 nitrogen and oxygen atoms in total. The summed E-state index contributed by atoms with van der Waals surface area (Å²) in [5.74, 6) is -0.454. The van der Waals surface area contributed by atoms with Gasteiger partial charge in [0.25, 0.3) is 0 Å². The third-order valence-corrected chi connectivity index (χ3v) is 4.61. The van der Waals surface area contributed by atoms with Crippen LogP contribution in [-0.2, 0) is 19.6 Å². The molecule has 0 bridgehead atoms. The smallest absolute Gasteiger partial charge is 0.307 e. The van der Waals surface area contributed by atoms with Crippen molar-refractivity contribution in [1.82, 2.24) is 4.72 Å². The Kier molecular flexibility index (Phi) is 6.44. The minimum Gasteiger partial charge on any atom is -0.463 e. The van der Waals surface area contributed by atoms with Gasteiger partial charge in [0.15, 0.2) is 0 Å². The Morgan fingerprint density at radius 3 is 2.65 bits per heavy atom. The summed E-state index contributed by atoms with van der Waals surface area (Å²) < 4.78 is 31.9. The molecule has 112 valence electrons. The van der Waals surface area contributed by atoms with Crippen LogP contribution in [0.25, 0.3) is 0 Å². The van der Waals surface area contributed by atoms with Crippen molar-refractivity contribution < 1.29 is 17.9 Å². The van der Waals surface area contributed by atoms with Gasteiger partial charge in [0.2, 0.25) is 10.0 Å². The highest BCUT2D eigenvalue weighted by Crippen LogP contribution is 2.24. The zero-order valence-corrected chi connectivity index (χ0v) is 14.2. The number of benzene rings is 1. The number of nitrogens with one attached hydrogen (secondary N) is 1. The third kappa shape index (κ3) is 5.40. The van der Waals surface area contributed by atoms with E-state index in [1.54, 1.807) is 19.9 Å². The van der Waals surface area contributed by atoms with Crippen LogP contribution in [0.5, 0.6) is 0 Å². The molecule has 1 rings (SSSR count). The molecule has 20 heavy (non-hydrogen) atoms. The molecule has 0 atom stereocenters. The second-order valence-corrected chi connectivity index (χ2v) is 7.32. The van der Waals surface area contributed by atoms with Crippen LogP contribution < -0.4 is 4.72 Å². The second kappa shape index (κ2) is 7.40. The van der Waals surface area contributed by atoms with Gasteiger partial charge < -0.3 is 4.74 Å². The van der Waals surface area contributed by atoms with Gasteiger partial charge in [-0.2, -0.15) is 0 Å². The number of hydrogen-bond acceptors (Lipinski definition) is 4. The Balaban J connectivity index is 2.64. The number of sulfonamides is 1. The molecule has 0 aliphatic rings. The number of ether oxygens (including phenoxy) is 1. The number of rotatable bonds is 6. The first-order chi connectivity index (χ1) is 9.22. The van der Waals surface area contributed by atoms with Gasteiger partial charge in [0.05, 0.1) is 17.5 Å². The SMILES string of the molecule is CC(C)OC(=O)CCNS(=O)(=O)c1ccc(Br)cc1Cl. The van der Waals surface area contributed by atoms with Crippen LogP contribution in [0.15, 0.2) is 27.6 Å². The summed E-state index contributed by atoms with van der Waals surface area (Å²) in [5, 5.41) is 0.108. The molecule has 0 heterocycles. The van der Waals surface area contributed by atoms with Crippen molar-refractivity contribution in [2.24, 2.45) is 0 Å². The highest BCUT2D eigenvalue weighted by molar-refractivity contribution is 9.10. The minimum atomic E-state index is -3.74. The van der Waals surface area contributed by atoms with Gasteiger partial charge in [-0.05, 0) is 32.0 Å². The van der Waals surface area contributed by atoms with Crippen LogP contribution >= 0.6 is 27.5 Å². The Hall–Kier alpha value is -0.630. The van der Waals surface area contributed by atoms with Gasteiger partial charge in [-0.1, -0.05) is 27.5 Å². The molecular formula is C12H15BrClNO4S. The first-order valence-electron chi connectivity index (χ1n) is 5.86. The Morgan fingerprint density at radius 1 is 1.45 bits per heavy atom. The molecule has 0 radical (unpaired) electrons. The van der Waals surface area contributed by atoms with Crippen molar-refractivity contribution in [2.75, 3.05) is 6.54 Å². The third-order valence-electron chi connectivity index (χ3n) is 2.17. The number of hydrogen-bond donors (Lipinski definition) is 1. The molecule has 0 spiro atoms. The maximum atomic E-state index is 12.0. The number of esters is 1. The fourth-order valence-corrected chi connectivity index (χ4v) is 3.45. The number of carbonyl (C=O) groups is 1. The minimum absolute atomic E-state index is 0.0282. The summed E-state index contributed by atoms with van der Waals surface area (Å²) >= 11 is 9.08. The standard InChI is InChI=1S/C12H15BrClNO4S/c1-8(2)19-12(16)5-6-15-20(17,18)11-4-3-9(13)7-10(11)14/h3-4,7-8,15H,5-6H2,1-2H3. The van der Waals surface area contributed by atoms with Crippen molar-refractivity contribution in [1.29, 1.82) is 0 Å².